The highest BCUT2D eigenvalue weighted by Crippen LogP contribution is 2.36. The Balaban J connectivity index is 1.60. The lowest BCUT2D eigenvalue weighted by molar-refractivity contribution is -0.0893. The first kappa shape index (κ1) is 23.5. The van der Waals surface area contributed by atoms with Crippen molar-refractivity contribution >= 4 is 40.5 Å². The van der Waals surface area contributed by atoms with Crippen molar-refractivity contribution in [2.75, 3.05) is 0 Å². The van der Waals surface area contributed by atoms with Crippen LogP contribution in [0.15, 0.2) is 95.5 Å². The van der Waals surface area contributed by atoms with Crippen LogP contribution in [0.25, 0.3) is 50.1 Å². The van der Waals surface area contributed by atoms with E-state index in [1.54, 1.807) is 13.8 Å². The number of pyridine rings is 1. The molecule has 0 unspecified atom stereocenters. The average molecular weight is 488 g/mol. The van der Waals surface area contributed by atoms with Crippen LogP contribution in [-0.2, 0) is 4.65 Å². The van der Waals surface area contributed by atoms with Crippen LogP contribution in [0.1, 0.15) is 27.7 Å². The summed E-state index contributed by atoms with van der Waals surface area (Å²) in [7, 11) is 0.287. The SMILES string of the molecule is CC(C)(O)C(C)(C)OBc1cc(-c2nc3ccccn3c2-c2ccccc2)cc2c1oc1ccccc12. The normalized spacial score (nSPS) is 12.6. The molecule has 0 aliphatic heterocycles. The van der Waals surface area contributed by atoms with Gasteiger partial charge in [-0.25, -0.2) is 4.98 Å². The van der Waals surface area contributed by atoms with Gasteiger partial charge in [-0.2, -0.15) is 0 Å². The fraction of sp³-hybridized carbons (Fsp3) is 0.194. The molecule has 0 amide bonds. The van der Waals surface area contributed by atoms with Gasteiger partial charge < -0.3 is 14.2 Å². The predicted molar refractivity (Wildman–Crippen MR) is 152 cm³/mol. The first-order valence-electron chi connectivity index (χ1n) is 12.6. The largest absolute Gasteiger partial charge is 0.457 e. The highest BCUT2D eigenvalue weighted by atomic mass is 16.5. The van der Waals surface area contributed by atoms with E-state index >= 15 is 0 Å². The van der Waals surface area contributed by atoms with Gasteiger partial charge in [0, 0.05) is 28.1 Å². The summed E-state index contributed by atoms with van der Waals surface area (Å²) >= 11 is 0. The molecule has 37 heavy (non-hydrogen) atoms. The van der Waals surface area contributed by atoms with Crippen molar-refractivity contribution < 1.29 is 14.2 Å². The summed E-state index contributed by atoms with van der Waals surface area (Å²) in [6, 6.07) is 28.8. The number of para-hydroxylation sites is 1. The molecule has 0 saturated carbocycles. The molecule has 0 aliphatic carbocycles. The van der Waals surface area contributed by atoms with Crippen LogP contribution >= 0.6 is 0 Å². The molecule has 5 nitrogen and oxygen atoms in total. The molecule has 1 N–H and O–H groups in total. The average Bonchev–Trinajstić information content (AvgIpc) is 3.46. The van der Waals surface area contributed by atoms with Gasteiger partial charge in [-0.15, -0.1) is 0 Å². The van der Waals surface area contributed by atoms with Crippen molar-refractivity contribution in [2.45, 2.75) is 38.9 Å². The van der Waals surface area contributed by atoms with E-state index in [0.717, 1.165) is 55.6 Å². The molecule has 6 rings (SSSR count). The number of furan rings is 1. The lowest BCUT2D eigenvalue weighted by Gasteiger charge is -2.37. The number of aliphatic hydroxyl groups is 1. The maximum atomic E-state index is 10.7. The Bertz CT molecular complexity index is 1740. The Hall–Kier alpha value is -3.87. The number of aromatic nitrogens is 2. The van der Waals surface area contributed by atoms with Crippen LogP contribution in [0.3, 0.4) is 0 Å². The maximum absolute atomic E-state index is 10.7. The van der Waals surface area contributed by atoms with Crippen LogP contribution in [0.5, 0.6) is 0 Å². The smallest absolute Gasteiger partial charge is 0.313 e. The van der Waals surface area contributed by atoms with Crippen LogP contribution < -0.4 is 5.46 Å². The fourth-order valence-corrected chi connectivity index (χ4v) is 4.65. The second-order valence-corrected chi connectivity index (χ2v) is 10.6. The second-order valence-electron chi connectivity index (χ2n) is 10.6. The van der Waals surface area contributed by atoms with Gasteiger partial charge in [-0.3, -0.25) is 4.40 Å². The van der Waals surface area contributed by atoms with Gasteiger partial charge in [-0.1, -0.05) is 60.7 Å². The fourth-order valence-electron chi connectivity index (χ4n) is 4.65. The van der Waals surface area contributed by atoms with E-state index in [2.05, 4.69) is 40.9 Å². The van der Waals surface area contributed by atoms with E-state index in [-0.39, 0.29) is 7.48 Å². The zero-order valence-electron chi connectivity index (χ0n) is 21.5. The van der Waals surface area contributed by atoms with Gasteiger partial charge in [0.25, 0.3) is 0 Å². The molecule has 6 heteroatoms. The van der Waals surface area contributed by atoms with Crippen molar-refractivity contribution in [3.8, 4) is 22.5 Å². The van der Waals surface area contributed by atoms with Crippen molar-refractivity contribution in [2.24, 2.45) is 0 Å². The minimum atomic E-state index is -1.01. The number of hydrogen-bond acceptors (Lipinski definition) is 4. The molecule has 0 fully saturated rings. The van der Waals surface area contributed by atoms with Gasteiger partial charge >= 0.3 is 7.48 Å². The minimum absolute atomic E-state index is 0.287. The number of fused-ring (bicyclic) bond motifs is 4. The molecule has 0 radical (unpaired) electrons. The molecular weight excluding hydrogens is 459 g/mol. The summed E-state index contributed by atoms with van der Waals surface area (Å²) in [5.41, 5.74) is 5.65. The van der Waals surface area contributed by atoms with Crippen molar-refractivity contribution in [3.63, 3.8) is 0 Å². The van der Waals surface area contributed by atoms with Crippen LogP contribution in [0, 0.1) is 0 Å². The predicted octanol–water partition coefficient (Wildman–Crippen LogP) is 6.11. The van der Waals surface area contributed by atoms with Crippen LogP contribution in [0.4, 0.5) is 0 Å². The van der Waals surface area contributed by atoms with Crippen molar-refractivity contribution in [1.29, 1.82) is 0 Å². The van der Waals surface area contributed by atoms with Crippen LogP contribution in [-0.4, -0.2) is 33.2 Å². The summed E-state index contributed by atoms with van der Waals surface area (Å²) in [6.45, 7) is 7.34. The molecular formula is C31H29BN2O3. The first-order valence-corrected chi connectivity index (χ1v) is 12.6. The number of benzene rings is 3. The third-order valence-electron chi connectivity index (χ3n) is 7.47. The monoisotopic (exact) mass is 488 g/mol. The Labute approximate surface area is 216 Å². The molecule has 0 saturated heterocycles. The Morgan fingerprint density at radius 2 is 1.57 bits per heavy atom. The lowest BCUT2D eigenvalue weighted by Crippen LogP contribution is -2.49. The van der Waals surface area contributed by atoms with Crippen molar-refractivity contribution in [1.82, 2.24) is 9.38 Å². The highest BCUT2D eigenvalue weighted by Gasteiger charge is 2.36. The lowest BCUT2D eigenvalue weighted by atomic mass is 9.80. The summed E-state index contributed by atoms with van der Waals surface area (Å²) in [5, 5.41) is 12.7. The van der Waals surface area contributed by atoms with E-state index < -0.39 is 11.2 Å². The van der Waals surface area contributed by atoms with E-state index in [4.69, 9.17) is 14.1 Å². The zero-order chi connectivity index (χ0) is 25.8. The van der Waals surface area contributed by atoms with E-state index in [1.165, 1.54) is 0 Å². The highest BCUT2D eigenvalue weighted by molar-refractivity contribution is 6.51. The molecule has 0 atom stereocenters. The minimum Gasteiger partial charge on any atom is -0.457 e. The molecule has 184 valence electrons. The summed E-state index contributed by atoms with van der Waals surface area (Å²) in [6.07, 6.45) is 2.05. The summed E-state index contributed by atoms with van der Waals surface area (Å²) < 4.78 is 14.8. The second kappa shape index (κ2) is 8.61. The number of rotatable bonds is 6. The molecule has 0 spiro atoms. The third kappa shape index (κ3) is 4.03. The van der Waals surface area contributed by atoms with Crippen molar-refractivity contribution in [3.05, 3.63) is 91.1 Å². The quantitative estimate of drug-likeness (QED) is 0.288. The molecule has 3 aromatic heterocycles. The van der Waals surface area contributed by atoms with E-state index in [9.17, 15) is 5.11 Å². The molecule has 3 heterocycles. The first-order chi connectivity index (χ1) is 17.7. The summed E-state index contributed by atoms with van der Waals surface area (Å²) in [4.78, 5) is 5.07. The van der Waals surface area contributed by atoms with Crippen LogP contribution in [0.2, 0.25) is 0 Å². The molecule has 0 aliphatic rings. The van der Waals surface area contributed by atoms with E-state index in [0.29, 0.717) is 0 Å². The molecule has 6 aromatic rings. The number of nitrogens with zero attached hydrogens (tertiary/aromatic N) is 2. The van der Waals surface area contributed by atoms with Gasteiger partial charge in [0.05, 0.1) is 22.6 Å². The Kier molecular flexibility index (Phi) is 5.48. The molecule has 3 aromatic carbocycles. The topological polar surface area (TPSA) is 59.9 Å². The van der Waals surface area contributed by atoms with Gasteiger partial charge in [-0.05, 0) is 57.4 Å². The standard InChI is InChI=1S/C31H29BN2O3/c1-30(2,35)31(3,4)37-32-24-19-21(18-23-22-14-8-9-15-25(22)36-29(23)24)27-28(20-12-6-5-7-13-20)34-17-11-10-16-26(34)33-27/h5-19,32,35H,1-4H3. The summed E-state index contributed by atoms with van der Waals surface area (Å²) in [5.74, 6) is 0. The Morgan fingerprint density at radius 3 is 2.35 bits per heavy atom. The third-order valence-corrected chi connectivity index (χ3v) is 7.47. The van der Waals surface area contributed by atoms with Gasteiger partial charge in [0.2, 0.25) is 0 Å². The van der Waals surface area contributed by atoms with Gasteiger partial charge in [0.15, 0.2) is 0 Å². The number of hydrogen-bond donors (Lipinski definition) is 1. The van der Waals surface area contributed by atoms with E-state index in [1.807, 2.05) is 68.4 Å². The molecule has 0 bridgehead atoms. The van der Waals surface area contributed by atoms with Gasteiger partial charge in [0.1, 0.15) is 16.8 Å². The number of imidazole rings is 1. The zero-order valence-corrected chi connectivity index (χ0v) is 21.5. The Morgan fingerprint density at radius 1 is 0.838 bits per heavy atom. The maximum Gasteiger partial charge on any atom is 0.313 e.